The highest BCUT2D eigenvalue weighted by atomic mass is 16.5. The number of benzene rings is 1. The molecule has 28 heavy (non-hydrogen) atoms. The molecule has 0 N–H and O–H groups in total. The van der Waals surface area contributed by atoms with Crippen molar-refractivity contribution < 1.29 is 23.5 Å². The minimum absolute atomic E-state index is 0.0955. The minimum atomic E-state index is -0.564. The van der Waals surface area contributed by atoms with E-state index in [1.54, 1.807) is 17.8 Å². The van der Waals surface area contributed by atoms with Crippen molar-refractivity contribution in [2.45, 2.75) is 20.1 Å². The summed E-state index contributed by atoms with van der Waals surface area (Å²) in [6, 6.07) is 11.3. The van der Waals surface area contributed by atoms with Crippen LogP contribution in [0.15, 0.2) is 53.1 Å². The van der Waals surface area contributed by atoms with E-state index in [2.05, 4.69) is 15.0 Å². The average Bonchev–Trinajstić information content (AvgIpc) is 3.31. The predicted molar refractivity (Wildman–Crippen MR) is 99.2 cm³/mol. The van der Waals surface area contributed by atoms with Gasteiger partial charge in [-0.2, -0.15) is 0 Å². The Kier molecular flexibility index (Phi) is 6.01. The number of furan rings is 1. The Morgan fingerprint density at radius 2 is 2.04 bits per heavy atom. The van der Waals surface area contributed by atoms with Crippen molar-refractivity contribution >= 4 is 18.0 Å². The Morgan fingerprint density at radius 1 is 1.25 bits per heavy atom. The van der Waals surface area contributed by atoms with Gasteiger partial charge in [0.15, 0.2) is 0 Å². The first-order valence-corrected chi connectivity index (χ1v) is 8.51. The number of rotatable bonds is 7. The summed E-state index contributed by atoms with van der Waals surface area (Å²) in [6.07, 6.45) is 4.51. The van der Waals surface area contributed by atoms with Crippen LogP contribution in [0.1, 0.15) is 33.1 Å². The van der Waals surface area contributed by atoms with Crippen molar-refractivity contribution in [3.05, 3.63) is 77.0 Å². The first-order chi connectivity index (χ1) is 13.5. The second kappa shape index (κ2) is 8.81. The molecule has 0 aliphatic heterocycles. The lowest BCUT2D eigenvalue weighted by molar-refractivity contribution is -0.139. The van der Waals surface area contributed by atoms with Crippen LogP contribution in [0.3, 0.4) is 0 Å². The maximum atomic E-state index is 11.9. The fourth-order valence-electron chi connectivity index (χ4n) is 2.51. The van der Waals surface area contributed by atoms with Crippen molar-refractivity contribution in [1.82, 2.24) is 15.0 Å². The van der Waals surface area contributed by atoms with Crippen molar-refractivity contribution in [3.63, 3.8) is 0 Å². The van der Waals surface area contributed by atoms with Crippen molar-refractivity contribution in [2.24, 2.45) is 0 Å². The molecule has 0 radical (unpaired) electrons. The van der Waals surface area contributed by atoms with Gasteiger partial charge in [0, 0.05) is 6.08 Å². The number of aromatic nitrogens is 3. The maximum absolute atomic E-state index is 11.9. The van der Waals surface area contributed by atoms with Crippen LogP contribution in [0, 0.1) is 6.92 Å². The van der Waals surface area contributed by atoms with E-state index in [0.29, 0.717) is 29.3 Å². The molecule has 8 nitrogen and oxygen atoms in total. The molecule has 0 unspecified atom stereocenters. The lowest BCUT2D eigenvalue weighted by Gasteiger charge is -1.99. The molecule has 3 aromatic rings. The summed E-state index contributed by atoms with van der Waals surface area (Å²) >= 11 is 0. The number of methoxy groups -OCH3 is 1. The molecular weight excluding hydrogens is 362 g/mol. The summed E-state index contributed by atoms with van der Waals surface area (Å²) in [4.78, 5) is 23.4. The van der Waals surface area contributed by atoms with E-state index in [-0.39, 0.29) is 6.61 Å². The Bertz CT molecular complexity index is 988. The summed E-state index contributed by atoms with van der Waals surface area (Å²) in [5.74, 6) is -0.305. The molecule has 2 aromatic heterocycles. The van der Waals surface area contributed by atoms with Crippen molar-refractivity contribution in [1.29, 1.82) is 0 Å². The van der Waals surface area contributed by atoms with Crippen LogP contribution < -0.4 is 0 Å². The molecule has 8 heteroatoms. The lowest BCUT2D eigenvalue weighted by Crippen LogP contribution is -2.01. The van der Waals surface area contributed by atoms with Crippen LogP contribution in [-0.4, -0.2) is 34.0 Å². The molecule has 0 saturated heterocycles. The summed E-state index contributed by atoms with van der Waals surface area (Å²) in [5, 5.41) is 8.02. The number of carbonyl (C=O) groups excluding carboxylic acids is 2. The van der Waals surface area contributed by atoms with Crippen LogP contribution in [0.4, 0.5) is 0 Å². The Labute approximate surface area is 161 Å². The maximum Gasteiger partial charge on any atom is 0.341 e. The quantitative estimate of drug-likeness (QED) is 0.458. The van der Waals surface area contributed by atoms with Crippen LogP contribution in [0.2, 0.25) is 0 Å². The van der Waals surface area contributed by atoms with Gasteiger partial charge >= 0.3 is 11.9 Å². The second-order valence-electron chi connectivity index (χ2n) is 5.94. The SMILES string of the molecule is COC(=O)c1cc(COC(=O)/C=C/c2cn(Cc3ccccc3)nn2)oc1C. The van der Waals surface area contributed by atoms with Crippen LogP contribution in [0.25, 0.3) is 6.08 Å². The number of ether oxygens (including phenoxy) is 2. The van der Waals surface area contributed by atoms with Crippen LogP contribution in [-0.2, 0) is 27.4 Å². The van der Waals surface area contributed by atoms with Gasteiger partial charge in [-0.1, -0.05) is 35.5 Å². The molecular formula is C20H19N3O5. The largest absolute Gasteiger partial charge is 0.465 e. The Hall–Kier alpha value is -3.68. The summed E-state index contributed by atoms with van der Waals surface area (Å²) in [6.45, 7) is 2.13. The first kappa shape index (κ1) is 19.1. The summed E-state index contributed by atoms with van der Waals surface area (Å²) in [7, 11) is 1.29. The third-order valence-corrected chi connectivity index (χ3v) is 3.86. The van der Waals surface area contributed by atoms with Gasteiger partial charge in [-0.25, -0.2) is 14.3 Å². The zero-order valence-electron chi connectivity index (χ0n) is 15.5. The molecule has 0 atom stereocenters. The molecule has 1 aromatic carbocycles. The topological polar surface area (TPSA) is 96.5 Å². The van der Waals surface area contributed by atoms with Gasteiger partial charge in [0.25, 0.3) is 0 Å². The fourth-order valence-corrected chi connectivity index (χ4v) is 2.51. The molecule has 0 spiro atoms. The highest BCUT2D eigenvalue weighted by Crippen LogP contribution is 2.16. The van der Waals surface area contributed by atoms with E-state index in [4.69, 9.17) is 9.15 Å². The van der Waals surface area contributed by atoms with Gasteiger partial charge in [-0.05, 0) is 24.6 Å². The van der Waals surface area contributed by atoms with Crippen molar-refractivity contribution in [2.75, 3.05) is 7.11 Å². The Balaban J connectivity index is 1.52. The van der Waals surface area contributed by atoms with Crippen molar-refractivity contribution in [3.8, 4) is 0 Å². The molecule has 0 aliphatic rings. The van der Waals surface area contributed by atoms with Crippen LogP contribution >= 0.6 is 0 Å². The molecule has 2 heterocycles. The molecule has 0 bridgehead atoms. The van der Waals surface area contributed by atoms with Gasteiger partial charge in [0.2, 0.25) is 0 Å². The highest BCUT2D eigenvalue weighted by molar-refractivity contribution is 5.90. The monoisotopic (exact) mass is 381 g/mol. The molecule has 3 rings (SSSR count). The number of aryl methyl sites for hydroxylation is 1. The number of carbonyl (C=O) groups is 2. The summed E-state index contributed by atoms with van der Waals surface area (Å²) < 4.78 is 16.8. The van der Waals surface area contributed by atoms with E-state index in [1.165, 1.54) is 25.3 Å². The standard InChI is InChI=1S/C20H19N3O5/c1-14-18(20(25)26-2)10-17(28-14)13-27-19(24)9-8-16-12-23(22-21-16)11-15-6-4-3-5-7-15/h3-10,12H,11,13H2,1-2H3/b9-8+. The third-order valence-electron chi connectivity index (χ3n) is 3.86. The Morgan fingerprint density at radius 3 is 2.79 bits per heavy atom. The normalized spacial score (nSPS) is 10.9. The zero-order chi connectivity index (χ0) is 19.9. The van der Waals surface area contributed by atoms with E-state index < -0.39 is 11.9 Å². The van der Waals surface area contributed by atoms with E-state index >= 15 is 0 Å². The van der Waals surface area contributed by atoms with E-state index in [0.717, 1.165) is 5.56 Å². The molecule has 0 aliphatic carbocycles. The molecule has 0 fully saturated rings. The molecule has 144 valence electrons. The number of hydrogen-bond acceptors (Lipinski definition) is 7. The van der Waals surface area contributed by atoms with E-state index in [9.17, 15) is 9.59 Å². The number of nitrogens with zero attached hydrogens (tertiary/aromatic N) is 3. The van der Waals surface area contributed by atoms with E-state index in [1.807, 2.05) is 30.3 Å². The van der Waals surface area contributed by atoms with Gasteiger partial charge < -0.3 is 13.9 Å². The van der Waals surface area contributed by atoms with Gasteiger partial charge in [-0.3, -0.25) is 0 Å². The minimum Gasteiger partial charge on any atom is -0.465 e. The predicted octanol–water partition coefficient (Wildman–Crippen LogP) is 2.77. The summed E-state index contributed by atoms with van der Waals surface area (Å²) in [5.41, 5.74) is 1.94. The van der Waals surface area contributed by atoms with Gasteiger partial charge in [0.1, 0.15) is 29.4 Å². The molecule has 0 amide bonds. The highest BCUT2D eigenvalue weighted by Gasteiger charge is 2.15. The molecule has 0 saturated carbocycles. The lowest BCUT2D eigenvalue weighted by atomic mass is 10.2. The third kappa shape index (κ3) is 4.94. The number of hydrogen-bond donors (Lipinski definition) is 0. The fraction of sp³-hybridized carbons (Fsp3) is 0.200. The van der Waals surface area contributed by atoms with Gasteiger partial charge in [-0.15, -0.1) is 5.10 Å². The van der Waals surface area contributed by atoms with Gasteiger partial charge in [0.05, 0.1) is 19.9 Å². The zero-order valence-corrected chi connectivity index (χ0v) is 15.5. The second-order valence-corrected chi connectivity index (χ2v) is 5.94. The smallest absolute Gasteiger partial charge is 0.341 e. The first-order valence-electron chi connectivity index (χ1n) is 8.51. The van der Waals surface area contributed by atoms with Crippen LogP contribution in [0.5, 0.6) is 0 Å². The number of esters is 2. The average molecular weight is 381 g/mol.